The highest BCUT2D eigenvalue weighted by Gasteiger charge is 2.15. The number of anilines is 1. The average Bonchev–Trinajstić information content (AvgIpc) is 2.69. The van der Waals surface area contributed by atoms with Crippen molar-refractivity contribution in [3.8, 4) is 5.75 Å². The highest BCUT2D eigenvalue weighted by molar-refractivity contribution is 9.10. The number of nitrogens with one attached hydrogen (secondary N) is 3. The minimum absolute atomic E-state index is 0.00424. The second-order valence-corrected chi connectivity index (χ2v) is 8.19. The first-order chi connectivity index (χ1) is 14.3. The summed E-state index contributed by atoms with van der Waals surface area (Å²) >= 11 is 8.70. The number of halogens is 1. The Morgan fingerprint density at radius 3 is 2.53 bits per heavy atom. The summed E-state index contributed by atoms with van der Waals surface area (Å²) in [5.41, 5.74) is 1.39. The molecule has 3 N–H and O–H groups in total. The van der Waals surface area contributed by atoms with Crippen LogP contribution in [0.3, 0.4) is 0 Å². The number of rotatable bonds is 8. The first kappa shape index (κ1) is 23.8. The van der Waals surface area contributed by atoms with Crippen molar-refractivity contribution in [2.24, 2.45) is 0 Å². The lowest BCUT2D eigenvalue weighted by Gasteiger charge is -2.15. The van der Waals surface area contributed by atoms with E-state index in [1.807, 2.05) is 13.8 Å². The van der Waals surface area contributed by atoms with Crippen molar-refractivity contribution in [1.29, 1.82) is 0 Å². The minimum Gasteiger partial charge on any atom is -0.492 e. The van der Waals surface area contributed by atoms with E-state index in [9.17, 15) is 9.59 Å². The van der Waals surface area contributed by atoms with Crippen LogP contribution in [0.2, 0.25) is 0 Å². The van der Waals surface area contributed by atoms with Crippen LogP contribution in [-0.4, -0.2) is 29.6 Å². The van der Waals surface area contributed by atoms with Crippen molar-refractivity contribution in [2.75, 3.05) is 11.9 Å². The fraction of sp³-hybridized carbons (Fsp3) is 0.318. The van der Waals surface area contributed by atoms with Crippen LogP contribution < -0.4 is 20.7 Å². The van der Waals surface area contributed by atoms with E-state index in [2.05, 4.69) is 38.8 Å². The van der Waals surface area contributed by atoms with E-state index in [1.165, 1.54) is 0 Å². The molecule has 0 spiro atoms. The molecule has 0 saturated carbocycles. The van der Waals surface area contributed by atoms with Crippen LogP contribution in [0, 0.1) is 0 Å². The summed E-state index contributed by atoms with van der Waals surface area (Å²) in [6.45, 7) is 6.49. The molecule has 6 nitrogen and oxygen atoms in total. The molecule has 0 unspecified atom stereocenters. The largest absolute Gasteiger partial charge is 0.492 e. The van der Waals surface area contributed by atoms with Gasteiger partial charge in [-0.3, -0.25) is 14.9 Å². The van der Waals surface area contributed by atoms with Crippen LogP contribution in [-0.2, 0) is 0 Å². The summed E-state index contributed by atoms with van der Waals surface area (Å²) < 4.78 is 6.38. The molecular formula is C22H26BrN3O3S. The molecule has 2 aromatic carbocycles. The van der Waals surface area contributed by atoms with Crippen molar-refractivity contribution >= 4 is 50.8 Å². The summed E-state index contributed by atoms with van der Waals surface area (Å²) in [7, 11) is 0. The van der Waals surface area contributed by atoms with Gasteiger partial charge in [0.1, 0.15) is 5.75 Å². The zero-order chi connectivity index (χ0) is 22.1. The number of ether oxygens (including phenoxy) is 1. The molecule has 8 heteroatoms. The van der Waals surface area contributed by atoms with E-state index in [0.717, 1.165) is 12.8 Å². The molecule has 0 aliphatic rings. The Hall–Kier alpha value is -2.45. The number of benzene rings is 2. The maximum absolute atomic E-state index is 12.6. The third-order valence-electron chi connectivity index (χ3n) is 4.02. The van der Waals surface area contributed by atoms with Crippen LogP contribution in [0.4, 0.5) is 5.69 Å². The van der Waals surface area contributed by atoms with Crippen LogP contribution in [0.5, 0.6) is 5.75 Å². The zero-order valence-electron chi connectivity index (χ0n) is 17.3. The van der Waals surface area contributed by atoms with Crippen molar-refractivity contribution in [3.63, 3.8) is 0 Å². The molecule has 2 rings (SSSR count). The Bertz CT molecular complexity index is 918. The normalized spacial score (nSPS) is 10.4. The second kappa shape index (κ2) is 11.7. The molecule has 30 heavy (non-hydrogen) atoms. The fourth-order valence-corrected chi connectivity index (χ4v) is 3.24. The molecule has 0 saturated heterocycles. The van der Waals surface area contributed by atoms with E-state index in [-0.39, 0.29) is 23.0 Å². The summed E-state index contributed by atoms with van der Waals surface area (Å²) in [6, 6.07) is 12.1. The van der Waals surface area contributed by atoms with Gasteiger partial charge in [0.15, 0.2) is 5.11 Å². The average molecular weight is 492 g/mol. The fourth-order valence-electron chi connectivity index (χ4n) is 2.54. The number of thiocarbonyl (C=S) groups is 1. The lowest BCUT2D eigenvalue weighted by Crippen LogP contribution is -2.35. The van der Waals surface area contributed by atoms with E-state index in [0.29, 0.717) is 33.6 Å². The first-order valence-electron chi connectivity index (χ1n) is 9.76. The molecule has 2 amide bonds. The Morgan fingerprint density at radius 2 is 1.87 bits per heavy atom. The van der Waals surface area contributed by atoms with Crippen LogP contribution >= 0.6 is 28.1 Å². The molecule has 0 aliphatic carbocycles. The Labute approximate surface area is 190 Å². The summed E-state index contributed by atoms with van der Waals surface area (Å²) in [6.07, 6.45) is 2.01. The summed E-state index contributed by atoms with van der Waals surface area (Å²) in [5, 5.41) is 8.51. The second-order valence-electron chi connectivity index (χ2n) is 6.93. The van der Waals surface area contributed by atoms with Gasteiger partial charge < -0.3 is 15.4 Å². The third kappa shape index (κ3) is 7.11. The SMILES string of the molecule is CCCCOc1ccc(C(=O)NC(=S)Nc2ccccc2C(=O)NC(C)C)cc1Br. The third-order valence-corrected chi connectivity index (χ3v) is 4.84. The molecule has 2 aromatic rings. The molecular weight excluding hydrogens is 466 g/mol. The number of hydrogen-bond acceptors (Lipinski definition) is 4. The van der Waals surface area contributed by atoms with Crippen LogP contribution in [0.15, 0.2) is 46.9 Å². The topological polar surface area (TPSA) is 79.5 Å². The molecule has 0 atom stereocenters. The highest BCUT2D eigenvalue weighted by Crippen LogP contribution is 2.26. The van der Waals surface area contributed by atoms with Gasteiger partial charge in [-0.2, -0.15) is 0 Å². The van der Waals surface area contributed by atoms with Crippen molar-refractivity contribution in [2.45, 2.75) is 39.7 Å². The molecule has 0 fully saturated rings. The van der Waals surface area contributed by atoms with Gasteiger partial charge in [0.05, 0.1) is 22.3 Å². The van der Waals surface area contributed by atoms with Gasteiger partial charge in [0.2, 0.25) is 0 Å². The standard InChI is InChI=1S/C22H26BrN3O3S/c1-4-5-12-29-19-11-10-15(13-17(19)23)20(27)26-22(30)25-18-9-7-6-8-16(18)21(28)24-14(2)3/h6-11,13-14H,4-5,12H2,1-3H3,(H,24,28)(H2,25,26,27,30). The molecule has 160 valence electrons. The molecule has 0 aromatic heterocycles. The van der Waals surface area contributed by atoms with Gasteiger partial charge in [0.25, 0.3) is 11.8 Å². The quantitative estimate of drug-likeness (QED) is 0.361. The van der Waals surface area contributed by atoms with E-state index >= 15 is 0 Å². The summed E-state index contributed by atoms with van der Waals surface area (Å²) in [4.78, 5) is 24.9. The van der Waals surface area contributed by atoms with Crippen LogP contribution in [0.25, 0.3) is 0 Å². The van der Waals surface area contributed by atoms with Crippen molar-refractivity contribution in [3.05, 3.63) is 58.1 Å². The Balaban J connectivity index is 2.03. The van der Waals surface area contributed by atoms with E-state index in [4.69, 9.17) is 17.0 Å². The van der Waals surface area contributed by atoms with Crippen molar-refractivity contribution in [1.82, 2.24) is 10.6 Å². The van der Waals surface area contributed by atoms with Crippen LogP contribution in [0.1, 0.15) is 54.3 Å². The number of carbonyl (C=O) groups is 2. The number of unbranched alkanes of at least 4 members (excludes halogenated alkanes) is 1. The van der Waals surface area contributed by atoms with Gasteiger partial charge in [0, 0.05) is 11.6 Å². The zero-order valence-corrected chi connectivity index (χ0v) is 19.7. The number of carbonyl (C=O) groups excluding carboxylic acids is 2. The molecule has 0 radical (unpaired) electrons. The minimum atomic E-state index is -0.363. The molecule has 0 bridgehead atoms. The summed E-state index contributed by atoms with van der Waals surface area (Å²) in [5.74, 6) is 0.105. The van der Waals surface area contributed by atoms with Crippen molar-refractivity contribution < 1.29 is 14.3 Å². The Morgan fingerprint density at radius 1 is 1.13 bits per heavy atom. The number of para-hydroxylation sites is 1. The van der Waals surface area contributed by atoms with Gasteiger partial charge in [-0.15, -0.1) is 0 Å². The monoisotopic (exact) mass is 491 g/mol. The van der Waals surface area contributed by atoms with Gasteiger partial charge in [-0.1, -0.05) is 25.5 Å². The highest BCUT2D eigenvalue weighted by atomic mass is 79.9. The number of amides is 2. The van der Waals surface area contributed by atoms with E-state index in [1.54, 1.807) is 42.5 Å². The van der Waals surface area contributed by atoms with Gasteiger partial charge in [-0.25, -0.2) is 0 Å². The maximum Gasteiger partial charge on any atom is 0.257 e. The molecule has 0 heterocycles. The number of hydrogen-bond donors (Lipinski definition) is 3. The molecule has 0 aliphatic heterocycles. The lowest BCUT2D eigenvalue weighted by molar-refractivity contribution is 0.0942. The van der Waals surface area contributed by atoms with Gasteiger partial charge in [-0.05, 0) is 78.7 Å². The predicted octanol–water partition coefficient (Wildman–Crippen LogP) is 4.89. The first-order valence-corrected chi connectivity index (χ1v) is 11.0. The van der Waals surface area contributed by atoms with Gasteiger partial charge >= 0.3 is 0 Å². The van der Waals surface area contributed by atoms with E-state index < -0.39 is 0 Å². The maximum atomic E-state index is 12.6. The smallest absolute Gasteiger partial charge is 0.257 e. The lowest BCUT2D eigenvalue weighted by atomic mass is 10.1. The predicted molar refractivity (Wildman–Crippen MR) is 127 cm³/mol. The Kier molecular flexibility index (Phi) is 9.26.